The smallest absolute Gasteiger partial charge is 0.271 e. The molecule has 28 heavy (non-hydrogen) atoms. The van der Waals surface area contributed by atoms with Crippen molar-refractivity contribution in [2.45, 2.75) is 47.2 Å². The van der Waals surface area contributed by atoms with Crippen molar-refractivity contribution >= 4 is 23.2 Å². The van der Waals surface area contributed by atoms with Crippen molar-refractivity contribution in [3.63, 3.8) is 0 Å². The first-order valence-corrected chi connectivity index (χ1v) is 9.17. The molecule has 8 heteroatoms. The van der Waals surface area contributed by atoms with Crippen LogP contribution in [0.5, 0.6) is 0 Å². The van der Waals surface area contributed by atoms with Crippen LogP contribution in [0.3, 0.4) is 0 Å². The number of fused-ring (bicyclic) bond motifs is 1. The molecule has 0 fully saturated rings. The zero-order valence-corrected chi connectivity index (χ0v) is 16.5. The second-order valence-corrected chi connectivity index (χ2v) is 6.52. The van der Waals surface area contributed by atoms with Gasteiger partial charge in [-0.2, -0.15) is 15.5 Å². The number of hydrogen-bond acceptors (Lipinski definition) is 5. The first-order chi connectivity index (χ1) is 13.5. The largest absolute Gasteiger partial charge is 0.329 e. The Labute approximate surface area is 163 Å². The van der Waals surface area contributed by atoms with E-state index in [1.807, 2.05) is 26.8 Å². The van der Waals surface area contributed by atoms with Crippen molar-refractivity contribution in [3.8, 4) is 6.07 Å². The molecule has 0 bridgehead atoms. The number of amides is 1. The Kier molecular flexibility index (Phi) is 5.54. The number of aromatic nitrogens is 4. The molecule has 8 nitrogen and oxygen atoms in total. The van der Waals surface area contributed by atoms with Crippen LogP contribution in [0.25, 0.3) is 11.0 Å². The fourth-order valence-corrected chi connectivity index (χ4v) is 3.28. The number of nitriles is 1. The first-order valence-electron chi connectivity index (χ1n) is 9.17. The normalized spacial score (nSPS) is 11.2. The molecule has 2 aromatic heterocycles. The standard InChI is InChI=1S/C20H23N7O/c1-5-26-15(4)23-18-11-16(7-8-19(18)26)20(28)24-22-12-17-13(2)25-27(14(17)3)10-6-9-21/h7-8,11-12H,5-6,10H2,1-4H3,(H,24,28). The Bertz CT molecular complexity index is 1100. The number of nitrogens with zero attached hydrogens (tertiary/aromatic N) is 6. The van der Waals surface area contributed by atoms with Gasteiger partial charge in [-0.3, -0.25) is 9.48 Å². The van der Waals surface area contributed by atoms with Crippen molar-refractivity contribution in [3.05, 3.63) is 46.5 Å². The minimum absolute atomic E-state index is 0.297. The van der Waals surface area contributed by atoms with Gasteiger partial charge in [-0.25, -0.2) is 10.4 Å². The number of aryl methyl sites for hydroxylation is 4. The molecule has 1 N–H and O–H groups in total. The molecule has 0 radical (unpaired) electrons. The summed E-state index contributed by atoms with van der Waals surface area (Å²) in [6.45, 7) is 9.18. The monoisotopic (exact) mass is 377 g/mol. The molecule has 0 unspecified atom stereocenters. The van der Waals surface area contributed by atoms with E-state index in [2.05, 4.69) is 38.2 Å². The van der Waals surface area contributed by atoms with E-state index in [-0.39, 0.29) is 5.91 Å². The summed E-state index contributed by atoms with van der Waals surface area (Å²) in [5.74, 6) is 0.626. The molecule has 0 aliphatic carbocycles. The topological polar surface area (TPSA) is 101 Å². The van der Waals surface area contributed by atoms with Gasteiger partial charge in [0.25, 0.3) is 5.91 Å². The van der Waals surface area contributed by atoms with Crippen molar-refractivity contribution in [1.82, 2.24) is 24.8 Å². The van der Waals surface area contributed by atoms with Crippen molar-refractivity contribution in [2.75, 3.05) is 0 Å². The maximum atomic E-state index is 12.4. The van der Waals surface area contributed by atoms with E-state index in [1.54, 1.807) is 23.0 Å². The van der Waals surface area contributed by atoms with Crippen LogP contribution < -0.4 is 5.43 Å². The Morgan fingerprint density at radius 2 is 2.14 bits per heavy atom. The number of carbonyl (C=O) groups is 1. The lowest BCUT2D eigenvalue weighted by molar-refractivity contribution is 0.0955. The summed E-state index contributed by atoms with van der Waals surface area (Å²) in [7, 11) is 0. The third kappa shape index (κ3) is 3.64. The Morgan fingerprint density at radius 1 is 1.36 bits per heavy atom. The van der Waals surface area contributed by atoms with E-state index < -0.39 is 0 Å². The minimum atomic E-state index is -0.297. The number of hydrazone groups is 1. The quantitative estimate of drug-likeness (QED) is 0.527. The molecular weight excluding hydrogens is 354 g/mol. The van der Waals surface area contributed by atoms with Crippen LogP contribution in [0.1, 0.15) is 46.5 Å². The third-order valence-corrected chi connectivity index (χ3v) is 4.75. The van der Waals surface area contributed by atoms with Crippen LogP contribution in [-0.2, 0) is 13.1 Å². The lowest BCUT2D eigenvalue weighted by Crippen LogP contribution is -2.17. The maximum absolute atomic E-state index is 12.4. The highest BCUT2D eigenvalue weighted by atomic mass is 16.2. The molecule has 144 valence electrons. The number of nitrogens with one attached hydrogen (secondary N) is 1. The molecule has 0 aliphatic rings. The van der Waals surface area contributed by atoms with E-state index in [9.17, 15) is 4.79 Å². The zero-order chi connectivity index (χ0) is 20.3. The summed E-state index contributed by atoms with van der Waals surface area (Å²) in [6, 6.07) is 7.57. The van der Waals surface area contributed by atoms with E-state index in [4.69, 9.17) is 5.26 Å². The Balaban J connectivity index is 1.75. The highest BCUT2D eigenvalue weighted by molar-refractivity contribution is 5.98. The van der Waals surface area contributed by atoms with Crippen LogP contribution in [0.15, 0.2) is 23.3 Å². The van der Waals surface area contributed by atoms with Gasteiger partial charge in [-0.1, -0.05) is 0 Å². The molecule has 0 spiro atoms. The van der Waals surface area contributed by atoms with Gasteiger partial charge >= 0.3 is 0 Å². The van der Waals surface area contributed by atoms with Crippen LogP contribution in [0, 0.1) is 32.1 Å². The predicted octanol–water partition coefficient (Wildman–Crippen LogP) is 2.86. The molecule has 3 aromatic rings. The number of benzene rings is 1. The van der Waals surface area contributed by atoms with Crippen molar-refractivity contribution in [1.29, 1.82) is 5.26 Å². The van der Waals surface area contributed by atoms with Gasteiger partial charge in [0.1, 0.15) is 5.82 Å². The molecular formula is C20H23N7O. The average Bonchev–Trinajstić information content (AvgIpc) is 3.14. The Morgan fingerprint density at radius 3 is 2.86 bits per heavy atom. The van der Waals surface area contributed by atoms with Gasteiger partial charge in [0.2, 0.25) is 0 Å². The molecule has 2 heterocycles. The summed E-state index contributed by atoms with van der Waals surface area (Å²) < 4.78 is 3.88. The van der Waals surface area contributed by atoms with Gasteiger partial charge in [0.05, 0.1) is 42.0 Å². The van der Waals surface area contributed by atoms with E-state index in [0.29, 0.717) is 18.5 Å². The number of hydrogen-bond donors (Lipinski definition) is 1. The van der Waals surface area contributed by atoms with Gasteiger partial charge in [-0.05, 0) is 45.9 Å². The SMILES string of the molecule is CCn1c(C)nc2cc(C(=O)NN=Cc3c(C)nn(CCC#N)c3C)ccc21. The first kappa shape index (κ1) is 19.3. The maximum Gasteiger partial charge on any atom is 0.271 e. The van der Waals surface area contributed by atoms with Gasteiger partial charge in [0, 0.05) is 23.4 Å². The Hall–Kier alpha value is -3.47. The zero-order valence-electron chi connectivity index (χ0n) is 16.5. The fraction of sp³-hybridized carbons (Fsp3) is 0.350. The summed E-state index contributed by atoms with van der Waals surface area (Å²) in [6.07, 6.45) is 1.98. The van der Waals surface area contributed by atoms with Gasteiger partial charge in [-0.15, -0.1) is 0 Å². The predicted molar refractivity (Wildman–Crippen MR) is 107 cm³/mol. The third-order valence-electron chi connectivity index (χ3n) is 4.75. The lowest BCUT2D eigenvalue weighted by Gasteiger charge is -2.03. The van der Waals surface area contributed by atoms with Crippen LogP contribution in [0.4, 0.5) is 0 Å². The summed E-state index contributed by atoms with van der Waals surface area (Å²) in [5.41, 5.74) is 7.42. The molecule has 1 amide bonds. The highest BCUT2D eigenvalue weighted by Gasteiger charge is 2.12. The van der Waals surface area contributed by atoms with Crippen LogP contribution in [0.2, 0.25) is 0 Å². The second kappa shape index (κ2) is 8.05. The molecule has 1 aromatic carbocycles. The minimum Gasteiger partial charge on any atom is -0.329 e. The van der Waals surface area contributed by atoms with E-state index in [0.717, 1.165) is 40.4 Å². The molecule has 0 atom stereocenters. The number of rotatable bonds is 6. The summed E-state index contributed by atoms with van der Waals surface area (Å²) >= 11 is 0. The van der Waals surface area contributed by atoms with Gasteiger partial charge in [0.15, 0.2) is 0 Å². The van der Waals surface area contributed by atoms with Crippen molar-refractivity contribution < 1.29 is 4.79 Å². The van der Waals surface area contributed by atoms with Crippen molar-refractivity contribution in [2.24, 2.45) is 5.10 Å². The number of carbonyl (C=O) groups excluding carboxylic acids is 1. The fourth-order valence-electron chi connectivity index (χ4n) is 3.28. The molecule has 0 saturated heterocycles. The summed E-state index contributed by atoms with van der Waals surface area (Å²) in [4.78, 5) is 17.0. The van der Waals surface area contributed by atoms with E-state index in [1.165, 1.54) is 0 Å². The van der Waals surface area contributed by atoms with E-state index >= 15 is 0 Å². The highest BCUT2D eigenvalue weighted by Crippen LogP contribution is 2.18. The molecule has 0 saturated carbocycles. The molecule has 3 rings (SSSR count). The number of imidazole rings is 1. The lowest BCUT2D eigenvalue weighted by atomic mass is 10.2. The van der Waals surface area contributed by atoms with Crippen LogP contribution >= 0.6 is 0 Å². The molecule has 0 aliphatic heterocycles. The van der Waals surface area contributed by atoms with Crippen LogP contribution in [-0.4, -0.2) is 31.5 Å². The summed E-state index contributed by atoms with van der Waals surface area (Å²) in [5, 5.41) is 17.2. The van der Waals surface area contributed by atoms with Gasteiger partial charge < -0.3 is 4.57 Å². The second-order valence-electron chi connectivity index (χ2n) is 6.52. The average molecular weight is 377 g/mol.